The van der Waals surface area contributed by atoms with Crippen LogP contribution in [0.4, 0.5) is 20.5 Å². The number of aromatic nitrogens is 6. The summed E-state index contributed by atoms with van der Waals surface area (Å²) in [5.74, 6) is -0.726. The number of rotatable bonds is 6. The van der Waals surface area contributed by atoms with Gasteiger partial charge in [0.25, 0.3) is 5.56 Å². The summed E-state index contributed by atoms with van der Waals surface area (Å²) in [5, 5.41) is 3.53. The Morgan fingerprint density at radius 3 is 2.71 bits per heavy atom. The molecule has 172 valence electrons. The first-order valence-electron chi connectivity index (χ1n) is 10.3. The molecule has 0 unspecified atom stereocenters. The van der Waals surface area contributed by atoms with Gasteiger partial charge in [-0.25, -0.2) is 18.7 Å². The fraction of sp³-hybridized carbons (Fsp3) is 0.136. The van der Waals surface area contributed by atoms with Gasteiger partial charge in [0.1, 0.15) is 23.0 Å². The van der Waals surface area contributed by atoms with E-state index in [1.54, 1.807) is 18.2 Å². The van der Waals surface area contributed by atoms with E-state index in [1.807, 2.05) is 0 Å². The number of aryl methyl sites for hydroxylation is 1. The Kier molecular flexibility index (Phi) is 5.54. The van der Waals surface area contributed by atoms with Gasteiger partial charge < -0.3 is 16.0 Å². The molecule has 0 aliphatic heterocycles. The van der Waals surface area contributed by atoms with E-state index in [0.29, 0.717) is 47.7 Å². The highest BCUT2D eigenvalue weighted by molar-refractivity contribution is 6.35. The molecular formula is C22H17ClF2N8O. The van der Waals surface area contributed by atoms with Crippen LogP contribution >= 0.6 is 11.6 Å². The zero-order valence-corrected chi connectivity index (χ0v) is 18.3. The molecule has 0 aliphatic rings. The number of nitrogen functional groups attached to an aromatic ring is 1. The van der Waals surface area contributed by atoms with Crippen LogP contribution in [0.5, 0.6) is 0 Å². The van der Waals surface area contributed by atoms with Crippen LogP contribution in [0.15, 0.2) is 47.5 Å². The van der Waals surface area contributed by atoms with Gasteiger partial charge in [-0.05, 0) is 30.7 Å². The molecule has 34 heavy (non-hydrogen) atoms. The quantitative estimate of drug-likeness (QED) is 0.315. The number of nitrogens with two attached hydrogens (primary N) is 1. The maximum Gasteiger partial charge on any atom is 0.267 e. The van der Waals surface area contributed by atoms with Crippen LogP contribution in [0.1, 0.15) is 12.2 Å². The Labute approximate surface area is 195 Å². The fourth-order valence-electron chi connectivity index (χ4n) is 3.77. The Morgan fingerprint density at radius 1 is 1.12 bits per heavy atom. The van der Waals surface area contributed by atoms with E-state index in [0.717, 1.165) is 18.2 Å². The summed E-state index contributed by atoms with van der Waals surface area (Å²) >= 11 is 6.24. The summed E-state index contributed by atoms with van der Waals surface area (Å²) in [6.07, 6.45) is 2.31. The number of nitrogens with one attached hydrogen (secondary N) is 2. The molecule has 0 fully saturated rings. The Morgan fingerprint density at radius 2 is 1.91 bits per heavy atom. The fourth-order valence-corrected chi connectivity index (χ4v) is 4.02. The molecule has 4 N–H and O–H groups in total. The van der Waals surface area contributed by atoms with Gasteiger partial charge in [0.2, 0.25) is 5.95 Å². The summed E-state index contributed by atoms with van der Waals surface area (Å²) < 4.78 is 29.1. The van der Waals surface area contributed by atoms with Crippen LogP contribution in [0, 0.1) is 11.6 Å². The lowest BCUT2D eigenvalue weighted by atomic mass is 10.2. The van der Waals surface area contributed by atoms with E-state index in [2.05, 4.69) is 30.2 Å². The van der Waals surface area contributed by atoms with Crippen molar-refractivity contribution in [3.05, 3.63) is 75.6 Å². The van der Waals surface area contributed by atoms with E-state index in [-0.39, 0.29) is 22.0 Å². The highest BCUT2D eigenvalue weighted by atomic mass is 35.5. The second kappa shape index (κ2) is 8.67. The van der Waals surface area contributed by atoms with Crippen LogP contribution in [0.25, 0.3) is 27.8 Å². The van der Waals surface area contributed by atoms with Gasteiger partial charge in [-0.1, -0.05) is 17.7 Å². The molecule has 12 heteroatoms. The maximum absolute atomic E-state index is 14.0. The predicted octanol–water partition coefficient (Wildman–Crippen LogP) is 3.61. The molecule has 0 bridgehead atoms. The number of anilines is 2. The predicted molar refractivity (Wildman–Crippen MR) is 125 cm³/mol. The zero-order valence-electron chi connectivity index (χ0n) is 17.5. The molecule has 0 atom stereocenters. The van der Waals surface area contributed by atoms with Gasteiger partial charge in [-0.2, -0.15) is 9.97 Å². The highest BCUT2D eigenvalue weighted by Gasteiger charge is 2.16. The molecule has 0 spiro atoms. The number of nitrogens with zero attached hydrogens (tertiary/aromatic N) is 5. The summed E-state index contributed by atoms with van der Waals surface area (Å²) in [7, 11) is 0. The van der Waals surface area contributed by atoms with Gasteiger partial charge in [-0.3, -0.25) is 9.36 Å². The molecule has 5 rings (SSSR count). The van der Waals surface area contributed by atoms with Crippen molar-refractivity contribution in [1.29, 1.82) is 0 Å². The lowest BCUT2D eigenvalue weighted by Crippen LogP contribution is -2.25. The van der Waals surface area contributed by atoms with Gasteiger partial charge in [0, 0.05) is 19.0 Å². The molecule has 0 radical (unpaired) electrons. The number of H-pyrrole nitrogens is 1. The third kappa shape index (κ3) is 4.01. The van der Waals surface area contributed by atoms with E-state index in [1.165, 1.54) is 10.9 Å². The number of aromatic amines is 1. The molecule has 0 saturated heterocycles. The second-order valence-electron chi connectivity index (χ2n) is 7.49. The van der Waals surface area contributed by atoms with Gasteiger partial charge in [0.15, 0.2) is 11.5 Å². The SMILES string of the molecule is Nc1nc(NCCCc2nc3cccc(Cl)c3c(=O)n2-c2cc(F)cc(F)c2)c2nc[nH]c2n1. The van der Waals surface area contributed by atoms with Crippen LogP contribution in [-0.2, 0) is 6.42 Å². The smallest absolute Gasteiger partial charge is 0.267 e. The molecule has 0 amide bonds. The van der Waals surface area contributed by atoms with Crippen LogP contribution < -0.4 is 16.6 Å². The van der Waals surface area contributed by atoms with Gasteiger partial charge in [-0.15, -0.1) is 0 Å². The van der Waals surface area contributed by atoms with Crippen molar-refractivity contribution in [1.82, 2.24) is 29.5 Å². The topological polar surface area (TPSA) is 127 Å². The number of imidazole rings is 1. The normalized spacial score (nSPS) is 11.4. The first-order valence-corrected chi connectivity index (χ1v) is 10.7. The molecule has 9 nitrogen and oxygen atoms in total. The van der Waals surface area contributed by atoms with Crippen molar-refractivity contribution in [2.45, 2.75) is 12.8 Å². The van der Waals surface area contributed by atoms with Crippen LogP contribution in [0.3, 0.4) is 0 Å². The van der Waals surface area contributed by atoms with Crippen molar-refractivity contribution in [3.63, 3.8) is 0 Å². The van der Waals surface area contributed by atoms with E-state index >= 15 is 0 Å². The minimum absolute atomic E-state index is 0.0292. The van der Waals surface area contributed by atoms with Crippen LogP contribution in [-0.4, -0.2) is 36.0 Å². The molecule has 3 aromatic heterocycles. The Balaban J connectivity index is 1.48. The largest absolute Gasteiger partial charge is 0.368 e. The van der Waals surface area contributed by atoms with E-state index in [4.69, 9.17) is 17.3 Å². The van der Waals surface area contributed by atoms with Crippen molar-refractivity contribution < 1.29 is 8.78 Å². The highest BCUT2D eigenvalue weighted by Crippen LogP contribution is 2.22. The summed E-state index contributed by atoms with van der Waals surface area (Å²) in [5.41, 5.74) is 6.70. The summed E-state index contributed by atoms with van der Waals surface area (Å²) in [4.78, 5) is 33.2. The number of benzene rings is 2. The van der Waals surface area contributed by atoms with Crippen molar-refractivity contribution in [3.8, 4) is 5.69 Å². The third-order valence-electron chi connectivity index (χ3n) is 5.19. The van der Waals surface area contributed by atoms with Gasteiger partial charge >= 0.3 is 0 Å². The molecule has 3 heterocycles. The van der Waals surface area contributed by atoms with Gasteiger partial charge in [0.05, 0.1) is 27.9 Å². The average molecular weight is 483 g/mol. The molecule has 5 aromatic rings. The summed E-state index contributed by atoms with van der Waals surface area (Å²) in [6, 6.07) is 7.81. The Bertz CT molecular complexity index is 1580. The molecule has 0 aliphatic carbocycles. The zero-order chi connectivity index (χ0) is 23.8. The Hall–Kier alpha value is -4.12. The average Bonchev–Trinajstić information content (AvgIpc) is 3.24. The van der Waals surface area contributed by atoms with Crippen LogP contribution in [0.2, 0.25) is 5.02 Å². The van der Waals surface area contributed by atoms with Crippen molar-refractivity contribution >= 4 is 45.4 Å². The first-order chi connectivity index (χ1) is 16.4. The minimum Gasteiger partial charge on any atom is -0.368 e. The monoisotopic (exact) mass is 482 g/mol. The maximum atomic E-state index is 14.0. The molecule has 2 aromatic carbocycles. The first kappa shape index (κ1) is 21.7. The molecular weight excluding hydrogens is 466 g/mol. The molecule has 0 saturated carbocycles. The summed E-state index contributed by atoms with van der Waals surface area (Å²) in [6.45, 7) is 0.430. The number of fused-ring (bicyclic) bond motifs is 2. The second-order valence-corrected chi connectivity index (χ2v) is 7.90. The third-order valence-corrected chi connectivity index (χ3v) is 5.50. The minimum atomic E-state index is -0.807. The lowest BCUT2D eigenvalue weighted by Gasteiger charge is -2.15. The van der Waals surface area contributed by atoms with E-state index < -0.39 is 17.2 Å². The van der Waals surface area contributed by atoms with E-state index in [9.17, 15) is 13.6 Å². The number of halogens is 3. The van der Waals surface area contributed by atoms with Crippen molar-refractivity contribution in [2.75, 3.05) is 17.6 Å². The standard InChI is InChI=1S/C22H17ClF2N8O/c23-14-3-1-4-15-17(14)21(34)33(13-8-11(24)7-12(25)9-13)16(30-15)5-2-6-27-19-18-20(29-10-28-18)32-22(26)31-19/h1,3-4,7-10H,2,5-6H2,(H4,26,27,28,29,31,32). The van der Waals surface area contributed by atoms with Crippen molar-refractivity contribution in [2.24, 2.45) is 0 Å². The number of hydrogen-bond donors (Lipinski definition) is 3. The number of hydrogen-bond acceptors (Lipinski definition) is 7. The lowest BCUT2D eigenvalue weighted by molar-refractivity contribution is 0.580.